The summed E-state index contributed by atoms with van der Waals surface area (Å²) in [4.78, 5) is 26.6. The molecule has 0 saturated carbocycles. The number of aromatic nitrogens is 2. The Morgan fingerprint density at radius 1 is 1.44 bits per heavy atom. The summed E-state index contributed by atoms with van der Waals surface area (Å²) < 4.78 is 6.25. The van der Waals surface area contributed by atoms with Gasteiger partial charge in [-0.1, -0.05) is 6.07 Å². The molecule has 1 aromatic carbocycles. The van der Waals surface area contributed by atoms with Crippen molar-refractivity contribution in [2.24, 2.45) is 0 Å². The first-order valence-corrected chi connectivity index (χ1v) is 5.33. The van der Waals surface area contributed by atoms with Gasteiger partial charge in [-0.2, -0.15) is 0 Å². The standard InChI is InChI=1S/C12H12N2O4/c1-7(12(17)18-2)14-6-13-10-8(11(15)16)4-3-5-9(10)14/h3-7H,1-2H3,(H,15,16). The van der Waals surface area contributed by atoms with Gasteiger partial charge in [0.2, 0.25) is 0 Å². The highest BCUT2D eigenvalue weighted by atomic mass is 16.5. The second-order valence-electron chi connectivity index (χ2n) is 3.83. The molecule has 0 aliphatic heterocycles. The van der Waals surface area contributed by atoms with Gasteiger partial charge in [-0.3, -0.25) is 0 Å². The van der Waals surface area contributed by atoms with Gasteiger partial charge in [0, 0.05) is 0 Å². The fourth-order valence-electron chi connectivity index (χ4n) is 1.82. The van der Waals surface area contributed by atoms with Crippen molar-refractivity contribution in [3.63, 3.8) is 0 Å². The molecule has 0 saturated heterocycles. The van der Waals surface area contributed by atoms with Gasteiger partial charge in [-0.15, -0.1) is 0 Å². The summed E-state index contributed by atoms with van der Waals surface area (Å²) in [6.07, 6.45) is 1.44. The summed E-state index contributed by atoms with van der Waals surface area (Å²) >= 11 is 0. The van der Waals surface area contributed by atoms with Crippen LogP contribution >= 0.6 is 0 Å². The third-order valence-corrected chi connectivity index (χ3v) is 2.79. The topological polar surface area (TPSA) is 81.4 Å². The smallest absolute Gasteiger partial charge is 0.337 e. The lowest BCUT2D eigenvalue weighted by molar-refractivity contribution is -0.143. The number of benzene rings is 1. The van der Waals surface area contributed by atoms with Crippen molar-refractivity contribution in [1.82, 2.24) is 9.55 Å². The zero-order chi connectivity index (χ0) is 13.3. The molecule has 0 spiro atoms. The minimum atomic E-state index is -1.04. The number of rotatable bonds is 3. The van der Waals surface area contributed by atoms with E-state index in [1.165, 1.54) is 19.5 Å². The highest BCUT2D eigenvalue weighted by molar-refractivity contribution is 6.01. The molecule has 0 bridgehead atoms. The number of carboxylic acid groups (broad SMARTS) is 1. The number of esters is 1. The van der Waals surface area contributed by atoms with Gasteiger partial charge in [-0.05, 0) is 19.1 Å². The molecule has 1 N–H and O–H groups in total. The Morgan fingerprint density at radius 3 is 2.78 bits per heavy atom. The largest absolute Gasteiger partial charge is 0.478 e. The number of para-hydroxylation sites is 1. The number of aromatic carboxylic acids is 1. The van der Waals surface area contributed by atoms with E-state index in [4.69, 9.17) is 5.11 Å². The van der Waals surface area contributed by atoms with Crippen LogP contribution in [0.25, 0.3) is 11.0 Å². The second-order valence-corrected chi connectivity index (χ2v) is 3.83. The molecular formula is C12H12N2O4. The van der Waals surface area contributed by atoms with Gasteiger partial charge >= 0.3 is 11.9 Å². The van der Waals surface area contributed by atoms with Crippen LogP contribution in [0.5, 0.6) is 0 Å². The molecule has 0 amide bonds. The molecule has 0 radical (unpaired) electrons. The van der Waals surface area contributed by atoms with E-state index < -0.39 is 18.0 Å². The number of carbonyl (C=O) groups excluding carboxylic acids is 1. The summed E-state index contributed by atoms with van der Waals surface area (Å²) in [5, 5.41) is 9.05. The average Bonchev–Trinajstić information content (AvgIpc) is 2.80. The van der Waals surface area contributed by atoms with Crippen LogP contribution in [0.3, 0.4) is 0 Å². The van der Waals surface area contributed by atoms with Crippen molar-refractivity contribution < 1.29 is 19.4 Å². The molecule has 18 heavy (non-hydrogen) atoms. The van der Waals surface area contributed by atoms with Crippen LogP contribution in [-0.2, 0) is 9.53 Å². The van der Waals surface area contributed by atoms with E-state index in [-0.39, 0.29) is 5.56 Å². The SMILES string of the molecule is COC(=O)C(C)n1cnc2c(C(=O)O)cccc21. The van der Waals surface area contributed by atoms with Gasteiger partial charge in [-0.25, -0.2) is 14.6 Å². The van der Waals surface area contributed by atoms with E-state index in [0.717, 1.165) is 0 Å². The quantitative estimate of drug-likeness (QED) is 0.832. The van der Waals surface area contributed by atoms with Crippen LogP contribution in [0, 0.1) is 0 Å². The Balaban J connectivity index is 2.59. The number of fused-ring (bicyclic) bond motifs is 1. The van der Waals surface area contributed by atoms with Crippen LogP contribution in [0.15, 0.2) is 24.5 Å². The first kappa shape index (κ1) is 12.1. The first-order valence-electron chi connectivity index (χ1n) is 5.33. The molecule has 2 aromatic rings. The van der Waals surface area contributed by atoms with E-state index >= 15 is 0 Å². The van der Waals surface area contributed by atoms with Crippen LogP contribution in [-0.4, -0.2) is 33.7 Å². The molecule has 6 heteroatoms. The molecule has 1 unspecified atom stereocenters. The number of carbonyl (C=O) groups is 2. The number of ether oxygens (including phenoxy) is 1. The molecule has 0 aliphatic rings. The van der Waals surface area contributed by atoms with E-state index in [1.807, 2.05) is 0 Å². The van der Waals surface area contributed by atoms with Crippen molar-refractivity contribution in [3.05, 3.63) is 30.1 Å². The number of hydrogen-bond donors (Lipinski definition) is 1. The Morgan fingerprint density at radius 2 is 2.17 bits per heavy atom. The van der Waals surface area contributed by atoms with Crippen LogP contribution in [0.2, 0.25) is 0 Å². The Bertz CT molecular complexity index is 618. The van der Waals surface area contributed by atoms with Gasteiger partial charge in [0.15, 0.2) is 0 Å². The van der Waals surface area contributed by atoms with Crippen LogP contribution in [0.4, 0.5) is 0 Å². The third kappa shape index (κ3) is 1.81. The molecule has 1 atom stereocenters. The first-order chi connectivity index (χ1) is 8.56. The monoisotopic (exact) mass is 248 g/mol. The third-order valence-electron chi connectivity index (χ3n) is 2.79. The Labute approximate surface area is 103 Å². The molecule has 94 valence electrons. The summed E-state index contributed by atoms with van der Waals surface area (Å²) in [7, 11) is 1.31. The lowest BCUT2D eigenvalue weighted by atomic mass is 10.2. The molecule has 1 aromatic heterocycles. The van der Waals surface area contributed by atoms with E-state index in [9.17, 15) is 9.59 Å². The van der Waals surface area contributed by atoms with Gasteiger partial charge in [0.1, 0.15) is 11.6 Å². The predicted octanol–water partition coefficient (Wildman–Crippen LogP) is 1.47. The molecule has 2 rings (SSSR count). The summed E-state index contributed by atoms with van der Waals surface area (Å²) in [6, 6.07) is 4.26. The van der Waals surface area contributed by atoms with E-state index in [2.05, 4.69) is 9.72 Å². The molecular weight excluding hydrogens is 236 g/mol. The van der Waals surface area contributed by atoms with Crippen LogP contribution in [0.1, 0.15) is 23.3 Å². The zero-order valence-corrected chi connectivity index (χ0v) is 9.95. The lowest BCUT2D eigenvalue weighted by Crippen LogP contribution is -2.16. The fourth-order valence-corrected chi connectivity index (χ4v) is 1.82. The highest BCUT2D eigenvalue weighted by Gasteiger charge is 2.19. The number of imidazole rings is 1. The van der Waals surface area contributed by atoms with Crippen molar-refractivity contribution in [3.8, 4) is 0 Å². The Hall–Kier alpha value is -2.37. The summed E-state index contributed by atoms with van der Waals surface area (Å²) in [5.74, 6) is -1.45. The number of hydrogen-bond acceptors (Lipinski definition) is 4. The van der Waals surface area contributed by atoms with Crippen molar-refractivity contribution in [2.45, 2.75) is 13.0 Å². The molecule has 0 fully saturated rings. The fraction of sp³-hybridized carbons (Fsp3) is 0.250. The normalized spacial score (nSPS) is 12.3. The minimum Gasteiger partial charge on any atom is -0.478 e. The summed E-state index contributed by atoms with van der Waals surface area (Å²) in [5.41, 5.74) is 1.07. The number of methoxy groups -OCH3 is 1. The van der Waals surface area contributed by atoms with Crippen molar-refractivity contribution in [1.29, 1.82) is 0 Å². The maximum Gasteiger partial charge on any atom is 0.337 e. The Kier molecular flexibility index (Phi) is 3.01. The van der Waals surface area contributed by atoms with E-state index in [1.54, 1.807) is 23.6 Å². The average molecular weight is 248 g/mol. The number of carboxylic acids is 1. The molecule has 6 nitrogen and oxygen atoms in total. The van der Waals surface area contributed by atoms with Crippen molar-refractivity contribution >= 4 is 23.0 Å². The van der Waals surface area contributed by atoms with E-state index in [0.29, 0.717) is 11.0 Å². The lowest BCUT2D eigenvalue weighted by Gasteiger charge is -2.11. The molecule has 0 aliphatic carbocycles. The summed E-state index contributed by atoms with van der Waals surface area (Å²) in [6.45, 7) is 1.67. The second kappa shape index (κ2) is 4.48. The predicted molar refractivity (Wildman–Crippen MR) is 63.4 cm³/mol. The van der Waals surface area contributed by atoms with Gasteiger partial charge in [0.05, 0.1) is 24.5 Å². The minimum absolute atomic E-state index is 0.114. The van der Waals surface area contributed by atoms with Crippen molar-refractivity contribution in [2.75, 3.05) is 7.11 Å². The maximum absolute atomic E-state index is 11.5. The zero-order valence-electron chi connectivity index (χ0n) is 9.95. The molecule has 1 heterocycles. The highest BCUT2D eigenvalue weighted by Crippen LogP contribution is 2.21. The van der Waals surface area contributed by atoms with Gasteiger partial charge in [0.25, 0.3) is 0 Å². The maximum atomic E-state index is 11.5. The van der Waals surface area contributed by atoms with Gasteiger partial charge < -0.3 is 14.4 Å². The number of nitrogens with zero attached hydrogens (tertiary/aromatic N) is 2. The van der Waals surface area contributed by atoms with Crippen LogP contribution < -0.4 is 0 Å².